The maximum absolute atomic E-state index is 11.9. The molecule has 5 heteroatoms. The molecular formula is C14H17NO3S. The molecule has 0 aliphatic carbocycles. The van der Waals surface area contributed by atoms with Crippen LogP contribution in [0.3, 0.4) is 0 Å². The standard InChI is InChI=1S/C14H17NO3S/c1-4-8-15(13(16)5-2)12(14(17)18-3)10-11-7-6-9-19-11/h4-7,9,12H,1-2,8,10H2,3H3/t12-/m1/s1. The van der Waals surface area contributed by atoms with E-state index in [1.54, 1.807) is 6.08 Å². The van der Waals surface area contributed by atoms with Crippen molar-refractivity contribution in [2.24, 2.45) is 0 Å². The van der Waals surface area contributed by atoms with Crippen LogP contribution < -0.4 is 0 Å². The number of hydrogen-bond donors (Lipinski definition) is 0. The van der Waals surface area contributed by atoms with E-state index in [4.69, 9.17) is 4.74 Å². The number of amides is 1. The van der Waals surface area contributed by atoms with Gasteiger partial charge in [-0.2, -0.15) is 0 Å². The first-order valence-electron chi connectivity index (χ1n) is 5.78. The van der Waals surface area contributed by atoms with E-state index >= 15 is 0 Å². The zero-order chi connectivity index (χ0) is 14.3. The van der Waals surface area contributed by atoms with E-state index in [0.29, 0.717) is 6.42 Å². The maximum Gasteiger partial charge on any atom is 0.328 e. The number of carbonyl (C=O) groups is 2. The van der Waals surface area contributed by atoms with Gasteiger partial charge in [0.05, 0.1) is 7.11 Å². The Kier molecular flexibility index (Phi) is 6.02. The zero-order valence-corrected chi connectivity index (χ0v) is 11.7. The summed E-state index contributed by atoms with van der Waals surface area (Å²) in [5.74, 6) is -0.752. The fourth-order valence-electron chi connectivity index (χ4n) is 1.70. The van der Waals surface area contributed by atoms with Crippen LogP contribution in [-0.2, 0) is 20.7 Å². The normalized spacial score (nSPS) is 11.4. The average molecular weight is 279 g/mol. The molecule has 1 aromatic heterocycles. The third kappa shape index (κ3) is 4.06. The van der Waals surface area contributed by atoms with Gasteiger partial charge in [0.15, 0.2) is 0 Å². The molecule has 0 saturated heterocycles. The summed E-state index contributed by atoms with van der Waals surface area (Å²) in [5.41, 5.74) is 0. The van der Waals surface area contributed by atoms with E-state index in [1.165, 1.54) is 29.4 Å². The summed E-state index contributed by atoms with van der Waals surface area (Å²) in [6.45, 7) is 7.33. The summed E-state index contributed by atoms with van der Waals surface area (Å²) >= 11 is 1.54. The van der Waals surface area contributed by atoms with E-state index < -0.39 is 12.0 Å². The number of methoxy groups -OCH3 is 1. The van der Waals surface area contributed by atoms with Gasteiger partial charge in [-0.1, -0.05) is 18.7 Å². The highest BCUT2D eigenvalue weighted by Crippen LogP contribution is 2.16. The molecule has 0 fully saturated rings. The number of rotatable bonds is 7. The molecule has 1 atom stereocenters. The minimum atomic E-state index is -0.660. The Morgan fingerprint density at radius 1 is 1.53 bits per heavy atom. The molecule has 102 valence electrons. The van der Waals surface area contributed by atoms with Gasteiger partial charge >= 0.3 is 5.97 Å². The lowest BCUT2D eigenvalue weighted by Crippen LogP contribution is -2.46. The van der Waals surface area contributed by atoms with Crippen molar-refractivity contribution in [3.63, 3.8) is 0 Å². The molecule has 1 rings (SSSR count). The predicted octanol–water partition coefficient (Wildman–Crippen LogP) is 2.03. The lowest BCUT2D eigenvalue weighted by atomic mass is 10.1. The number of ether oxygens (including phenoxy) is 1. The fraction of sp³-hybridized carbons (Fsp3) is 0.286. The van der Waals surface area contributed by atoms with Crippen LogP contribution in [0.25, 0.3) is 0 Å². The molecule has 0 bridgehead atoms. The van der Waals surface area contributed by atoms with Crippen molar-refractivity contribution >= 4 is 23.2 Å². The van der Waals surface area contributed by atoms with Crippen LogP contribution in [0.1, 0.15) is 4.88 Å². The first kappa shape index (κ1) is 15.2. The summed E-state index contributed by atoms with van der Waals surface area (Å²) in [6.07, 6.45) is 3.19. The van der Waals surface area contributed by atoms with Crippen LogP contribution in [0.4, 0.5) is 0 Å². The Hall–Kier alpha value is -1.88. The van der Waals surface area contributed by atoms with Gasteiger partial charge in [-0.05, 0) is 17.5 Å². The van der Waals surface area contributed by atoms with Crippen molar-refractivity contribution in [1.82, 2.24) is 4.90 Å². The summed E-state index contributed by atoms with van der Waals surface area (Å²) in [5, 5.41) is 1.93. The molecule has 0 N–H and O–H groups in total. The van der Waals surface area contributed by atoms with Crippen LogP contribution in [0.2, 0.25) is 0 Å². The zero-order valence-electron chi connectivity index (χ0n) is 10.9. The molecule has 0 aliphatic rings. The molecule has 0 spiro atoms. The highest BCUT2D eigenvalue weighted by molar-refractivity contribution is 7.09. The molecule has 4 nitrogen and oxygen atoms in total. The van der Waals surface area contributed by atoms with Gasteiger partial charge in [0, 0.05) is 17.8 Å². The van der Waals surface area contributed by atoms with Crippen molar-refractivity contribution in [3.05, 3.63) is 47.7 Å². The number of nitrogens with zero attached hydrogens (tertiary/aromatic N) is 1. The van der Waals surface area contributed by atoms with Gasteiger partial charge < -0.3 is 9.64 Å². The van der Waals surface area contributed by atoms with Gasteiger partial charge in [-0.25, -0.2) is 4.79 Å². The van der Waals surface area contributed by atoms with Gasteiger partial charge in [0.1, 0.15) is 6.04 Å². The molecule has 1 amide bonds. The molecule has 1 heterocycles. The third-order valence-corrected chi connectivity index (χ3v) is 3.51. The van der Waals surface area contributed by atoms with Crippen LogP contribution >= 0.6 is 11.3 Å². The van der Waals surface area contributed by atoms with Gasteiger partial charge in [-0.3, -0.25) is 4.79 Å². The Balaban J connectivity index is 2.98. The van der Waals surface area contributed by atoms with Crippen molar-refractivity contribution in [2.75, 3.05) is 13.7 Å². The van der Waals surface area contributed by atoms with Crippen LogP contribution in [-0.4, -0.2) is 36.5 Å². The van der Waals surface area contributed by atoms with Gasteiger partial charge in [-0.15, -0.1) is 17.9 Å². The third-order valence-electron chi connectivity index (χ3n) is 2.61. The molecule has 0 aromatic carbocycles. The summed E-state index contributed by atoms with van der Waals surface area (Å²) in [6, 6.07) is 3.17. The van der Waals surface area contributed by atoms with Crippen molar-refractivity contribution in [2.45, 2.75) is 12.5 Å². The summed E-state index contributed by atoms with van der Waals surface area (Å²) < 4.78 is 4.79. The second-order valence-electron chi connectivity index (χ2n) is 3.81. The van der Waals surface area contributed by atoms with E-state index in [1.807, 2.05) is 17.5 Å². The molecule has 0 unspecified atom stereocenters. The molecule has 0 saturated carbocycles. The maximum atomic E-state index is 11.9. The number of carbonyl (C=O) groups excluding carboxylic acids is 2. The Bertz CT molecular complexity index is 453. The first-order chi connectivity index (χ1) is 9.13. The lowest BCUT2D eigenvalue weighted by molar-refractivity contribution is -0.150. The minimum absolute atomic E-state index is 0.274. The summed E-state index contributed by atoms with van der Waals surface area (Å²) in [7, 11) is 1.31. The topological polar surface area (TPSA) is 46.6 Å². The molecule has 0 radical (unpaired) electrons. The van der Waals surface area contributed by atoms with Crippen LogP contribution in [0, 0.1) is 0 Å². The van der Waals surface area contributed by atoms with Crippen LogP contribution in [0.5, 0.6) is 0 Å². The second-order valence-corrected chi connectivity index (χ2v) is 4.84. The Morgan fingerprint density at radius 3 is 2.74 bits per heavy atom. The van der Waals surface area contributed by atoms with Crippen molar-refractivity contribution in [1.29, 1.82) is 0 Å². The molecular weight excluding hydrogens is 262 g/mol. The number of thiophene rings is 1. The first-order valence-corrected chi connectivity index (χ1v) is 6.66. The SMILES string of the molecule is C=CCN(C(=O)C=C)[C@H](Cc1cccs1)C(=O)OC. The summed E-state index contributed by atoms with van der Waals surface area (Å²) in [4.78, 5) is 26.2. The smallest absolute Gasteiger partial charge is 0.328 e. The van der Waals surface area contributed by atoms with E-state index in [0.717, 1.165) is 4.88 Å². The van der Waals surface area contributed by atoms with Crippen LogP contribution in [0.15, 0.2) is 42.8 Å². The largest absolute Gasteiger partial charge is 0.467 e. The monoisotopic (exact) mass is 279 g/mol. The molecule has 19 heavy (non-hydrogen) atoms. The number of esters is 1. The van der Waals surface area contributed by atoms with Gasteiger partial charge in [0.2, 0.25) is 5.91 Å². The van der Waals surface area contributed by atoms with E-state index in [-0.39, 0.29) is 12.5 Å². The van der Waals surface area contributed by atoms with Gasteiger partial charge in [0.25, 0.3) is 0 Å². The lowest BCUT2D eigenvalue weighted by Gasteiger charge is -2.27. The minimum Gasteiger partial charge on any atom is -0.467 e. The van der Waals surface area contributed by atoms with Crippen molar-refractivity contribution in [3.8, 4) is 0 Å². The molecule has 1 aromatic rings. The average Bonchev–Trinajstić information content (AvgIpc) is 2.94. The quantitative estimate of drug-likeness (QED) is 0.436. The number of hydrogen-bond acceptors (Lipinski definition) is 4. The van der Waals surface area contributed by atoms with E-state index in [9.17, 15) is 9.59 Å². The van der Waals surface area contributed by atoms with Crippen molar-refractivity contribution < 1.29 is 14.3 Å². The van der Waals surface area contributed by atoms with E-state index in [2.05, 4.69) is 13.2 Å². The Morgan fingerprint density at radius 2 is 2.26 bits per heavy atom. The highest BCUT2D eigenvalue weighted by atomic mass is 32.1. The second kappa shape index (κ2) is 7.53. The predicted molar refractivity (Wildman–Crippen MR) is 75.9 cm³/mol. The fourth-order valence-corrected chi connectivity index (χ4v) is 2.45. The highest BCUT2D eigenvalue weighted by Gasteiger charge is 2.29. The Labute approximate surface area is 117 Å². The molecule has 0 aliphatic heterocycles.